The van der Waals surface area contributed by atoms with E-state index in [0.29, 0.717) is 41.5 Å². The number of hydrogen-bond acceptors (Lipinski definition) is 5. The molecule has 0 unspecified atom stereocenters. The molecular formula is C22H22BrN3O2. The lowest BCUT2D eigenvalue weighted by molar-refractivity contribution is 0.271. The SMILES string of the molecule is CCCOc1ccc2c(Nc3cccc(Br)c3)c(C#N)cnc2c1OCCC. The Morgan fingerprint density at radius 2 is 1.89 bits per heavy atom. The molecule has 3 aromatic rings. The summed E-state index contributed by atoms with van der Waals surface area (Å²) in [6.45, 7) is 5.29. The number of benzene rings is 2. The zero-order valence-electron chi connectivity index (χ0n) is 16.0. The first-order valence-corrected chi connectivity index (χ1v) is 10.1. The summed E-state index contributed by atoms with van der Waals surface area (Å²) in [5, 5.41) is 13.8. The Kier molecular flexibility index (Phi) is 6.72. The minimum Gasteiger partial charge on any atom is -0.490 e. The average molecular weight is 440 g/mol. The van der Waals surface area contributed by atoms with Crippen molar-refractivity contribution in [3.8, 4) is 17.6 Å². The van der Waals surface area contributed by atoms with Crippen molar-refractivity contribution in [1.29, 1.82) is 5.26 Å². The molecule has 5 nitrogen and oxygen atoms in total. The Balaban J connectivity index is 2.15. The third-order valence-electron chi connectivity index (χ3n) is 4.08. The van der Waals surface area contributed by atoms with Gasteiger partial charge in [-0.15, -0.1) is 0 Å². The number of rotatable bonds is 8. The maximum atomic E-state index is 9.60. The summed E-state index contributed by atoms with van der Waals surface area (Å²) in [5.74, 6) is 1.29. The highest BCUT2D eigenvalue weighted by Crippen LogP contribution is 2.39. The van der Waals surface area contributed by atoms with Crippen LogP contribution in [0.15, 0.2) is 47.1 Å². The first-order chi connectivity index (χ1) is 13.7. The van der Waals surface area contributed by atoms with E-state index in [-0.39, 0.29) is 0 Å². The van der Waals surface area contributed by atoms with E-state index < -0.39 is 0 Å². The fourth-order valence-corrected chi connectivity index (χ4v) is 3.22. The number of nitriles is 1. The molecule has 2 aromatic carbocycles. The summed E-state index contributed by atoms with van der Waals surface area (Å²) in [6, 6.07) is 13.8. The molecule has 0 aliphatic heterocycles. The van der Waals surface area contributed by atoms with Gasteiger partial charge in [-0.1, -0.05) is 35.8 Å². The first-order valence-electron chi connectivity index (χ1n) is 9.31. The molecule has 0 fully saturated rings. The van der Waals surface area contributed by atoms with Crippen LogP contribution in [-0.4, -0.2) is 18.2 Å². The van der Waals surface area contributed by atoms with Crippen LogP contribution >= 0.6 is 15.9 Å². The summed E-state index contributed by atoms with van der Waals surface area (Å²) in [7, 11) is 0. The van der Waals surface area contributed by atoms with Crippen LogP contribution in [0.2, 0.25) is 0 Å². The van der Waals surface area contributed by atoms with E-state index in [2.05, 4.69) is 46.1 Å². The van der Waals surface area contributed by atoms with Gasteiger partial charge < -0.3 is 14.8 Å². The van der Waals surface area contributed by atoms with Crippen molar-refractivity contribution in [2.24, 2.45) is 0 Å². The molecular weight excluding hydrogens is 418 g/mol. The van der Waals surface area contributed by atoms with Gasteiger partial charge in [0.15, 0.2) is 11.5 Å². The van der Waals surface area contributed by atoms with Gasteiger partial charge in [-0.2, -0.15) is 5.26 Å². The molecule has 0 radical (unpaired) electrons. The van der Waals surface area contributed by atoms with Crippen molar-refractivity contribution in [2.75, 3.05) is 18.5 Å². The van der Waals surface area contributed by atoms with Gasteiger partial charge >= 0.3 is 0 Å². The minimum atomic E-state index is 0.469. The Labute approximate surface area is 173 Å². The van der Waals surface area contributed by atoms with E-state index in [0.717, 1.165) is 28.4 Å². The normalized spacial score (nSPS) is 10.5. The lowest BCUT2D eigenvalue weighted by Gasteiger charge is -2.17. The number of pyridine rings is 1. The fraction of sp³-hybridized carbons (Fsp3) is 0.273. The van der Waals surface area contributed by atoms with Crippen molar-refractivity contribution in [2.45, 2.75) is 26.7 Å². The lowest BCUT2D eigenvalue weighted by atomic mass is 10.1. The molecule has 144 valence electrons. The molecule has 0 saturated carbocycles. The van der Waals surface area contributed by atoms with Crippen molar-refractivity contribution in [1.82, 2.24) is 4.98 Å². The fourth-order valence-electron chi connectivity index (χ4n) is 2.82. The van der Waals surface area contributed by atoms with Crippen molar-refractivity contribution >= 4 is 38.2 Å². The molecule has 0 amide bonds. The molecule has 0 saturated heterocycles. The van der Waals surface area contributed by atoms with Crippen LogP contribution in [-0.2, 0) is 0 Å². The van der Waals surface area contributed by atoms with E-state index in [9.17, 15) is 5.26 Å². The Morgan fingerprint density at radius 3 is 2.61 bits per heavy atom. The van der Waals surface area contributed by atoms with E-state index in [1.165, 1.54) is 0 Å². The van der Waals surface area contributed by atoms with E-state index in [1.807, 2.05) is 36.4 Å². The summed E-state index contributed by atoms with van der Waals surface area (Å²) in [4.78, 5) is 4.52. The molecule has 1 aromatic heterocycles. The van der Waals surface area contributed by atoms with Crippen LogP contribution in [0.1, 0.15) is 32.3 Å². The standard InChI is InChI=1S/C22H22BrN3O2/c1-3-10-27-19-9-8-18-20(26-17-7-5-6-16(23)12-17)15(13-24)14-25-21(18)22(19)28-11-4-2/h5-9,12,14H,3-4,10-11H2,1-2H3,(H,25,26). The number of nitrogens with one attached hydrogen (secondary N) is 1. The molecule has 6 heteroatoms. The smallest absolute Gasteiger partial charge is 0.187 e. The second-order valence-corrected chi connectivity index (χ2v) is 7.20. The van der Waals surface area contributed by atoms with Crippen LogP contribution in [0, 0.1) is 11.3 Å². The zero-order valence-corrected chi connectivity index (χ0v) is 17.5. The van der Waals surface area contributed by atoms with Crippen LogP contribution in [0.4, 0.5) is 11.4 Å². The number of fused-ring (bicyclic) bond motifs is 1. The van der Waals surface area contributed by atoms with Crippen molar-refractivity contribution in [3.05, 3.63) is 52.6 Å². The lowest BCUT2D eigenvalue weighted by Crippen LogP contribution is -2.04. The number of nitrogens with zero attached hydrogens (tertiary/aromatic N) is 2. The molecule has 0 aliphatic carbocycles. The van der Waals surface area contributed by atoms with Gasteiger partial charge in [-0.05, 0) is 43.2 Å². The van der Waals surface area contributed by atoms with Crippen molar-refractivity contribution < 1.29 is 9.47 Å². The largest absolute Gasteiger partial charge is 0.490 e. The topological polar surface area (TPSA) is 67.2 Å². The number of anilines is 2. The highest BCUT2D eigenvalue weighted by atomic mass is 79.9. The summed E-state index contributed by atoms with van der Waals surface area (Å²) in [6.07, 6.45) is 3.36. The predicted octanol–water partition coefficient (Wildman–Crippen LogP) is 6.19. The number of halogens is 1. The van der Waals surface area contributed by atoms with Crippen LogP contribution in [0.5, 0.6) is 11.5 Å². The Bertz CT molecular complexity index is 1010. The molecule has 0 spiro atoms. The van der Waals surface area contributed by atoms with Gasteiger partial charge in [-0.25, -0.2) is 0 Å². The van der Waals surface area contributed by atoms with Gasteiger partial charge in [-0.3, -0.25) is 4.98 Å². The van der Waals surface area contributed by atoms with Gasteiger partial charge in [0.2, 0.25) is 0 Å². The molecule has 0 aliphatic rings. The summed E-state index contributed by atoms with van der Waals surface area (Å²) in [5.41, 5.74) is 2.73. The highest BCUT2D eigenvalue weighted by Gasteiger charge is 2.17. The number of ether oxygens (including phenoxy) is 2. The number of aromatic nitrogens is 1. The van der Waals surface area contributed by atoms with Gasteiger partial charge in [0.25, 0.3) is 0 Å². The quantitative estimate of drug-likeness (QED) is 0.452. The van der Waals surface area contributed by atoms with Gasteiger partial charge in [0.1, 0.15) is 11.6 Å². The highest BCUT2D eigenvalue weighted by molar-refractivity contribution is 9.10. The Morgan fingerprint density at radius 1 is 1.11 bits per heavy atom. The average Bonchev–Trinajstić information content (AvgIpc) is 2.71. The molecule has 1 N–H and O–H groups in total. The molecule has 0 atom stereocenters. The van der Waals surface area contributed by atoms with Crippen LogP contribution in [0.25, 0.3) is 10.9 Å². The van der Waals surface area contributed by atoms with E-state index >= 15 is 0 Å². The van der Waals surface area contributed by atoms with E-state index in [4.69, 9.17) is 9.47 Å². The molecule has 3 rings (SSSR count). The third kappa shape index (κ3) is 4.37. The maximum absolute atomic E-state index is 9.60. The molecule has 28 heavy (non-hydrogen) atoms. The molecule has 1 heterocycles. The van der Waals surface area contributed by atoms with Gasteiger partial charge in [0.05, 0.1) is 24.5 Å². The Hall–Kier alpha value is -2.78. The zero-order chi connectivity index (χ0) is 19.9. The maximum Gasteiger partial charge on any atom is 0.187 e. The second kappa shape index (κ2) is 9.43. The van der Waals surface area contributed by atoms with Crippen molar-refractivity contribution in [3.63, 3.8) is 0 Å². The summed E-state index contributed by atoms with van der Waals surface area (Å²) >= 11 is 3.48. The first kappa shape index (κ1) is 20.0. The van der Waals surface area contributed by atoms with Crippen LogP contribution < -0.4 is 14.8 Å². The van der Waals surface area contributed by atoms with Crippen LogP contribution in [0.3, 0.4) is 0 Å². The van der Waals surface area contributed by atoms with E-state index in [1.54, 1.807) is 6.20 Å². The second-order valence-electron chi connectivity index (χ2n) is 6.28. The minimum absolute atomic E-state index is 0.469. The predicted molar refractivity (Wildman–Crippen MR) is 115 cm³/mol. The third-order valence-corrected chi connectivity index (χ3v) is 4.58. The number of hydrogen-bond donors (Lipinski definition) is 1. The summed E-state index contributed by atoms with van der Waals surface area (Å²) < 4.78 is 12.8. The molecule has 0 bridgehead atoms. The van der Waals surface area contributed by atoms with Gasteiger partial charge in [0, 0.05) is 21.7 Å². The monoisotopic (exact) mass is 439 g/mol.